The molecule has 1 aromatic carbocycles. The highest BCUT2D eigenvalue weighted by Gasteiger charge is 2.11. The maximum absolute atomic E-state index is 12.2. The molecule has 26 heavy (non-hydrogen) atoms. The second kappa shape index (κ2) is 9.82. The molecular formula is C19H28N4O3. The molecule has 0 aliphatic heterocycles. The van der Waals surface area contributed by atoms with Crippen LogP contribution in [0.4, 0.5) is 10.5 Å². The Kier molecular flexibility index (Phi) is 7.47. The summed E-state index contributed by atoms with van der Waals surface area (Å²) >= 11 is 0. The maximum atomic E-state index is 12.2. The lowest BCUT2D eigenvalue weighted by Crippen LogP contribution is -2.33. The number of aryl methyl sites for hydroxylation is 2. The Balaban J connectivity index is 1.82. The van der Waals surface area contributed by atoms with E-state index in [0.717, 1.165) is 17.9 Å². The van der Waals surface area contributed by atoms with Crippen LogP contribution in [0.5, 0.6) is 5.75 Å². The molecule has 7 heteroatoms. The lowest BCUT2D eigenvalue weighted by atomic mass is 10.2. The summed E-state index contributed by atoms with van der Waals surface area (Å²) in [6, 6.07) is 9.13. The third-order valence-electron chi connectivity index (χ3n) is 3.88. The maximum Gasteiger partial charge on any atom is 0.319 e. The van der Waals surface area contributed by atoms with E-state index >= 15 is 0 Å². The molecule has 1 aromatic heterocycles. The lowest BCUT2D eigenvalue weighted by Gasteiger charge is -2.16. The van der Waals surface area contributed by atoms with Gasteiger partial charge in [0, 0.05) is 25.9 Å². The van der Waals surface area contributed by atoms with Crippen LogP contribution >= 0.6 is 0 Å². The SMILES string of the molecule is COCCOc1ccccc1NC(=O)NCC(C)Cn1nc(C)cc1C. The van der Waals surface area contributed by atoms with Gasteiger partial charge in [-0.1, -0.05) is 19.1 Å². The first-order valence-electron chi connectivity index (χ1n) is 8.76. The summed E-state index contributed by atoms with van der Waals surface area (Å²) in [7, 11) is 1.62. The van der Waals surface area contributed by atoms with Gasteiger partial charge in [-0.2, -0.15) is 5.10 Å². The van der Waals surface area contributed by atoms with Crippen LogP contribution in [-0.4, -0.2) is 42.7 Å². The van der Waals surface area contributed by atoms with E-state index in [9.17, 15) is 4.79 Å². The molecule has 2 N–H and O–H groups in total. The zero-order chi connectivity index (χ0) is 18.9. The molecule has 2 aromatic rings. The first-order valence-corrected chi connectivity index (χ1v) is 8.76. The van der Waals surface area contributed by atoms with Crippen LogP contribution < -0.4 is 15.4 Å². The minimum atomic E-state index is -0.256. The number of hydrogen-bond acceptors (Lipinski definition) is 4. The average Bonchev–Trinajstić information content (AvgIpc) is 2.92. The van der Waals surface area contributed by atoms with Crippen molar-refractivity contribution in [1.82, 2.24) is 15.1 Å². The van der Waals surface area contributed by atoms with E-state index in [4.69, 9.17) is 9.47 Å². The van der Waals surface area contributed by atoms with Gasteiger partial charge >= 0.3 is 6.03 Å². The summed E-state index contributed by atoms with van der Waals surface area (Å²) in [5, 5.41) is 10.2. The Morgan fingerprint density at radius 1 is 1.27 bits per heavy atom. The molecule has 0 aliphatic rings. The third kappa shape index (κ3) is 6.07. The van der Waals surface area contributed by atoms with Gasteiger partial charge in [0.2, 0.25) is 0 Å². The predicted molar refractivity (Wildman–Crippen MR) is 102 cm³/mol. The fraction of sp³-hybridized carbons (Fsp3) is 0.474. The molecule has 7 nitrogen and oxygen atoms in total. The van der Waals surface area contributed by atoms with E-state index in [1.165, 1.54) is 0 Å². The lowest BCUT2D eigenvalue weighted by molar-refractivity contribution is 0.146. The van der Waals surface area contributed by atoms with Crippen molar-refractivity contribution in [2.45, 2.75) is 27.3 Å². The number of hydrogen-bond donors (Lipinski definition) is 2. The van der Waals surface area contributed by atoms with E-state index in [1.807, 2.05) is 42.8 Å². The quantitative estimate of drug-likeness (QED) is 0.674. The van der Waals surface area contributed by atoms with Crippen LogP contribution in [-0.2, 0) is 11.3 Å². The zero-order valence-corrected chi connectivity index (χ0v) is 15.9. The first-order chi connectivity index (χ1) is 12.5. The summed E-state index contributed by atoms with van der Waals surface area (Å²) in [5.41, 5.74) is 2.76. The molecule has 1 unspecified atom stereocenters. The second-order valence-electron chi connectivity index (χ2n) is 6.39. The summed E-state index contributed by atoms with van der Waals surface area (Å²) in [4.78, 5) is 12.2. The van der Waals surface area contributed by atoms with Crippen molar-refractivity contribution in [3.05, 3.63) is 41.7 Å². The van der Waals surface area contributed by atoms with Gasteiger partial charge in [-0.15, -0.1) is 0 Å². The predicted octanol–water partition coefficient (Wildman–Crippen LogP) is 2.98. The number of urea groups is 1. The number of ether oxygens (including phenoxy) is 2. The number of nitrogens with zero attached hydrogens (tertiary/aromatic N) is 2. The van der Waals surface area contributed by atoms with Gasteiger partial charge in [-0.25, -0.2) is 4.79 Å². The fourth-order valence-electron chi connectivity index (χ4n) is 2.58. The molecule has 1 heterocycles. The van der Waals surface area contributed by atoms with Gasteiger partial charge in [0.05, 0.1) is 18.0 Å². The minimum absolute atomic E-state index is 0.256. The van der Waals surface area contributed by atoms with Crippen LogP contribution in [0.2, 0.25) is 0 Å². The third-order valence-corrected chi connectivity index (χ3v) is 3.88. The van der Waals surface area contributed by atoms with Crippen molar-refractivity contribution >= 4 is 11.7 Å². The molecule has 2 rings (SSSR count). The Labute approximate surface area is 154 Å². The Hall–Kier alpha value is -2.54. The highest BCUT2D eigenvalue weighted by atomic mass is 16.5. The van der Waals surface area contributed by atoms with Crippen molar-refractivity contribution in [2.24, 2.45) is 5.92 Å². The van der Waals surface area contributed by atoms with Gasteiger partial charge in [-0.3, -0.25) is 4.68 Å². The van der Waals surface area contributed by atoms with Gasteiger partial charge in [0.1, 0.15) is 12.4 Å². The molecule has 142 valence electrons. The largest absolute Gasteiger partial charge is 0.489 e. The van der Waals surface area contributed by atoms with E-state index in [-0.39, 0.29) is 11.9 Å². The van der Waals surface area contributed by atoms with E-state index < -0.39 is 0 Å². The monoisotopic (exact) mass is 360 g/mol. The number of carbonyl (C=O) groups excluding carboxylic acids is 1. The molecule has 0 spiro atoms. The van der Waals surface area contributed by atoms with E-state index in [0.29, 0.717) is 31.2 Å². The molecule has 0 aliphatic carbocycles. The van der Waals surface area contributed by atoms with Crippen LogP contribution in [0, 0.1) is 19.8 Å². The van der Waals surface area contributed by atoms with Crippen LogP contribution in [0.15, 0.2) is 30.3 Å². The van der Waals surface area contributed by atoms with Crippen LogP contribution in [0.25, 0.3) is 0 Å². The van der Waals surface area contributed by atoms with Gasteiger partial charge in [-0.05, 0) is 38.0 Å². The number of rotatable bonds is 9. The normalized spacial score (nSPS) is 11.8. The molecule has 2 amide bonds. The fourth-order valence-corrected chi connectivity index (χ4v) is 2.58. The van der Waals surface area contributed by atoms with Crippen molar-refractivity contribution < 1.29 is 14.3 Å². The molecule has 0 saturated carbocycles. The molecule has 0 saturated heterocycles. The van der Waals surface area contributed by atoms with Crippen molar-refractivity contribution in [3.63, 3.8) is 0 Å². The highest BCUT2D eigenvalue weighted by Crippen LogP contribution is 2.23. The van der Waals surface area contributed by atoms with E-state index in [2.05, 4.69) is 22.7 Å². The van der Waals surface area contributed by atoms with Gasteiger partial charge < -0.3 is 20.1 Å². The number of anilines is 1. The number of amides is 2. The van der Waals surface area contributed by atoms with Crippen LogP contribution in [0.1, 0.15) is 18.3 Å². The molecule has 0 bridgehead atoms. The number of carbonyl (C=O) groups is 1. The Morgan fingerprint density at radius 3 is 2.73 bits per heavy atom. The molecule has 0 radical (unpaired) electrons. The Bertz CT molecular complexity index is 715. The summed E-state index contributed by atoms with van der Waals surface area (Å²) in [6.45, 7) is 8.33. The zero-order valence-electron chi connectivity index (χ0n) is 15.9. The number of methoxy groups -OCH3 is 1. The summed E-state index contributed by atoms with van der Waals surface area (Å²) < 4.78 is 12.6. The van der Waals surface area contributed by atoms with Gasteiger partial charge in [0.15, 0.2) is 0 Å². The van der Waals surface area contributed by atoms with Crippen LogP contribution in [0.3, 0.4) is 0 Å². The van der Waals surface area contributed by atoms with Crippen molar-refractivity contribution in [1.29, 1.82) is 0 Å². The Morgan fingerprint density at radius 2 is 2.04 bits per heavy atom. The molecule has 0 fully saturated rings. The second-order valence-corrected chi connectivity index (χ2v) is 6.39. The minimum Gasteiger partial charge on any atom is -0.489 e. The van der Waals surface area contributed by atoms with Gasteiger partial charge in [0.25, 0.3) is 0 Å². The average molecular weight is 360 g/mol. The number of nitrogens with one attached hydrogen (secondary N) is 2. The first kappa shape index (κ1) is 19.8. The topological polar surface area (TPSA) is 77.4 Å². The van der Waals surface area contributed by atoms with E-state index in [1.54, 1.807) is 13.2 Å². The highest BCUT2D eigenvalue weighted by molar-refractivity contribution is 5.90. The van der Waals surface area contributed by atoms with Crippen molar-refractivity contribution in [3.8, 4) is 5.75 Å². The standard InChI is InChI=1S/C19H28N4O3/c1-14(13-23-16(3)11-15(2)22-23)12-20-19(24)21-17-7-5-6-8-18(17)26-10-9-25-4/h5-8,11,14H,9-10,12-13H2,1-4H3,(H2,20,21,24). The number of benzene rings is 1. The number of para-hydroxylation sites is 2. The number of aromatic nitrogens is 2. The molecular weight excluding hydrogens is 332 g/mol. The smallest absolute Gasteiger partial charge is 0.319 e. The van der Waals surface area contributed by atoms with Crippen molar-refractivity contribution in [2.75, 3.05) is 32.2 Å². The molecule has 1 atom stereocenters. The summed E-state index contributed by atoms with van der Waals surface area (Å²) in [6.07, 6.45) is 0. The summed E-state index contributed by atoms with van der Waals surface area (Å²) in [5.74, 6) is 0.877.